The summed E-state index contributed by atoms with van der Waals surface area (Å²) in [6, 6.07) is 8.73. The summed E-state index contributed by atoms with van der Waals surface area (Å²) in [5.74, 6) is 1.41. The van der Waals surface area contributed by atoms with Crippen molar-refractivity contribution >= 4 is 36.4 Å². The molecule has 6 heteroatoms. The van der Waals surface area contributed by atoms with Gasteiger partial charge in [0.2, 0.25) is 5.91 Å². The highest BCUT2D eigenvalue weighted by molar-refractivity contribution is 5.85. The van der Waals surface area contributed by atoms with E-state index in [4.69, 9.17) is 5.73 Å². The Hall–Kier alpha value is -0.970. The minimum atomic E-state index is 0. The van der Waals surface area contributed by atoms with E-state index < -0.39 is 0 Å². The van der Waals surface area contributed by atoms with E-state index in [9.17, 15) is 4.79 Å². The number of nitrogens with two attached hydrogens (primary N) is 1. The molecular formula is C19H29Cl2N3O. The summed E-state index contributed by atoms with van der Waals surface area (Å²) in [6.45, 7) is 2.88. The number of nitrogens with one attached hydrogen (secondary N) is 1. The van der Waals surface area contributed by atoms with Crippen molar-refractivity contribution in [3.8, 4) is 0 Å². The highest BCUT2D eigenvalue weighted by atomic mass is 35.5. The van der Waals surface area contributed by atoms with Crippen LogP contribution in [0.3, 0.4) is 0 Å². The first-order valence-corrected chi connectivity index (χ1v) is 9.10. The highest BCUT2D eigenvalue weighted by Gasteiger charge is 2.48. The number of halogens is 2. The fraction of sp³-hybridized carbons (Fsp3) is 0.632. The fourth-order valence-corrected chi connectivity index (χ4v) is 4.96. The van der Waals surface area contributed by atoms with Crippen molar-refractivity contribution in [1.82, 2.24) is 5.32 Å². The second kappa shape index (κ2) is 8.61. The molecule has 140 valence electrons. The van der Waals surface area contributed by atoms with E-state index in [1.807, 2.05) is 0 Å². The number of anilines is 1. The van der Waals surface area contributed by atoms with Gasteiger partial charge in [-0.15, -0.1) is 24.8 Å². The average molecular weight is 386 g/mol. The fourth-order valence-electron chi connectivity index (χ4n) is 4.96. The van der Waals surface area contributed by atoms with E-state index in [0.717, 1.165) is 32.5 Å². The summed E-state index contributed by atoms with van der Waals surface area (Å²) in [7, 11) is 0. The number of benzene rings is 1. The van der Waals surface area contributed by atoms with Crippen LogP contribution in [0.15, 0.2) is 24.3 Å². The SMILES string of the molecule is Cl.Cl.NC1C2CCC(C2)C1C(=O)NCCCN1CCc2ccccc21. The first kappa shape index (κ1) is 20.3. The molecule has 1 aromatic rings. The van der Waals surface area contributed by atoms with Crippen LogP contribution in [0.5, 0.6) is 0 Å². The minimum Gasteiger partial charge on any atom is -0.371 e. The van der Waals surface area contributed by atoms with E-state index in [1.54, 1.807) is 0 Å². The highest BCUT2D eigenvalue weighted by Crippen LogP contribution is 2.47. The van der Waals surface area contributed by atoms with Crippen molar-refractivity contribution in [2.24, 2.45) is 23.5 Å². The molecule has 4 rings (SSSR count). The largest absolute Gasteiger partial charge is 0.371 e. The first-order valence-electron chi connectivity index (χ1n) is 9.10. The summed E-state index contributed by atoms with van der Waals surface area (Å²) in [5, 5.41) is 3.14. The van der Waals surface area contributed by atoms with Gasteiger partial charge in [0.15, 0.2) is 0 Å². The molecule has 4 nitrogen and oxygen atoms in total. The Labute approximate surface area is 162 Å². The van der Waals surface area contributed by atoms with Crippen molar-refractivity contribution < 1.29 is 4.79 Å². The number of carbonyl (C=O) groups excluding carboxylic acids is 1. The summed E-state index contributed by atoms with van der Waals surface area (Å²) in [6.07, 6.45) is 5.73. The molecule has 0 saturated heterocycles. The van der Waals surface area contributed by atoms with Gasteiger partial charge in [-0.3, -0.25) is 4.79 Å². The van der Waals surface area contributed by atoms with Crippen LogP contribution in [-0.4, -0.2) is 31.6 Å². The molecule has 1 aromatic carbocycles. The number of nitrogens with zero attached hydrogens (tertiary/aromatic N) is 1. The molecule has 1 heterocycles. The van der Waals surface area contributed by atoms with Gasteiger partial charge < -0.3 is 16.0 Å². The van der Waals surface area contributed by atoms with Crippen molar-refractivity contribution in [2.45, 2.75) is 38.1 Å². The number of hydrogen-bond donors (Lipinski definition) is 2. The molecular weight excluding hydrogens is 357 g/mol. The lowest BCUT2D eigenvalue weighted by molar-refractivity contribution is -0.127. The van der Waals surface area contributed by atoms with Crippen LogP contribution >= 0.6 is 24.8 Å². The molecule has 1 amide bonds. The van der Waals surface area contributed by atoms with Gasteiger partial charge in [0, 0.05) is 31.4 Å². The number of para-hydroxylation sites is 1. The monoisotopic (exact) mass is 385 g/mol. The quantitative estimate of drug-likeness (QED) is 0.766. The molecule has 2 saturated carbocycles. The maximum absolute atomic E-state index is 12.4. The van der Waals surface area contributed by atoms with Crippen molar-refractivity contribution in [3.63, 3.8) is 0 Å². The molecule has 2 fully saturated rings. The van der Waals surface area contributed by atoms with Crippen LogP contribution in [0, 0.1) is 17.8 Å². The number of fused-ring (bicyclic) bond motifs is 3. The van der Waals surface area contributed by atoms with E-state index in [-0.39, 0.29) is 42.7 Å². The maximum Gasteiger partial charge on any atom is 0.224 e. The molecule has 25 heavy (non-hydrogen) atoms. The summed E-state index contributed by atoms with van der Waals surface area (Å²) in [5.41, 5.74) is 9.07. The Balaban J connectivity index is 0.00000113. The predicted octanol–water partition coefficient (Wildman–Crippen LogP) is 2.77. The van der Waals surface area contributed by atoms with Gasteiger partial charge in [-0.05, 0) is 55.6 Å². The van der Waals surface area contributed by atoms with Crippen LogP contribution in [0.4, 0.5) is 5.69 Å². The van der Waals surface area contributed by atoms with Gasteiger partial charge in [-0.25, -0.2) is 0 Å². The second-order valence-corrected chi connectivity index (χ2v) is 7.45. The summed E-state index contributed by atoms with van der Waals surface area (Å²) in [4.78, 5) is 14.9. The van der Waals surface area contributed by atoms with E-state index in [0.29, 0.717) is 11.8 Å². The molecule has 0 radical (unpaired) electrons. The molecule has 3 N–H and O–H groups in total. The number of amides is 1. The van der Waals surface area contributed by atoms with Crippen LogP contribution in [0.25, 0.3) is 0 Å². The average Bonchev–Trinajstić information content (AvgIpc) is 3.26. The zero-order valence-corrected chi connectivity index (χ0v) is 16.2. The molecule has 4 unspecified atom stereocenters. The lowest BCUT2D eigenvalue weighted by Crippen LogP contribution is -2.45. The van der Waals surface area contributed by atoms with E-state index >= 15 is 0 Å². The molecule has 3 aliphatic rings. The van der Waals surface area contributed by atoms with Gasteiger partial charge in [0.1, 0.15) is 0 Å². The molecule has 4 atom stereocenters. The molecule has 0 aromatic heterocycles. The van der Waals surface area contributed by atoms with Gasteiger partial charge in [0.05, 0.1) is 5.92 Å². The third-order valence-corrected chi connectivity index (χ3v) is 6.17. The molecule has 1 aliphatic heterocycles. The Kier molecular flexibility index (Phi) is 7.01. The lowest BCUT2D eigenvalue weighted by atomic mass is 9.84. The Bertz CT molecular complexity index is 596. The van der Waals surface area contributed by atoms with Gasteiger partial charge in [0.25, 0.3) is 0 Å². The summed E-state index contributed by atoms with van der Waals surface area (Å²) < 4.78 is 0. The topological polar surface area (TPSA) is 58.4 Å². The van der Waals surface area contributed by atoms with Gasteiger partial charge in [-0.1, -0.05) is 18.2 Å². The van der Waals surface area contributed by atoms with Crippen LogP contribution in [0.1, 0.15) is 31.2 Å². The predicted molar refractivity (Wildman–Crippen MR) is 107 cm³/mol. The van der Waals surface area contributed by atoms with Crippen LogP contribution < -0.4 is 16.0 Å². The number of rotatable bonds is 5. The zero-order chi connectivity index (χ0) is 15.8. The number of hydrogen-bond acceptors (Lipinski definition) is 3. The normalized spacial score (nSPS) is 28.9. The third-order valence-electron chi connectivity index (χ3n) is 6.17. The van der Waals surface area contributed by atoms with E-state index in [1.165, 1.54) is 30.5 Å². The zero-order valence-electron chi connectivity index (χ0n) is 14.5. The smallest absolute Gasteiger partial charge is 0.224 e. The number of carbonyl (C=O) groups is 1. The van der Waals surface area contributed by atoms with Crippen molar-refractivity contribution in [1.29, 1.82) is 0 Å². The minimum absolute atomic E-state index is 0. The van der Waals surface area contributed by atoms with Gasteiger partial charge >= 0.3 is 0 Å². The lowest BCUT2D eigenvalue weighted by Gasteiger charge is -2.27. The van der Waals surface area contributed by atoms with E-state index in [2.05, 4.69) is 34.5 Å². The maximum atomic E-state index is 12.4. The molecule has 2 aliphatic carbocycles. The Morgan fingerprint density at radius 3 is 2.72 bits per heavy atom. The Morgan fingerprint density at radius 1 is 1.20 bits per heavy atom. The molecule has 2 bridgehead atoms. The Morgan fingerprint density at radius 2 is 1.96 bits per heavy atom. The standard InChI is InChI=1S/C19H27N3O.2ClH/c20-18-15-7-6-14(12-15)17(18)19(23)21-9-3-10-22-11-8-13-4-1-2-5-16(13)22;;/h1-2,4-5,14-15,17-18H,3,6-12,20H2,(H,21,23);2*1H. The van der Waals surface area contributed by atoms with Crippen LogP contribution in [-0.2, 0) is 11.2 Å². The van der Waals surface area contributed by atoms with Crippen LogP contribution in [0.2, 0.25) is 0 Å². The molecule has 0 spiro atoms. The second-order valence-electron chi connectivity index (χ2n) is 7.45. The van der Waals surface area contributed by atoms with Crippen molar-refractivity contribution in [2.75, 3.05) is 24.5 Å². The first-order chi connectivity index (χ1) is 11.2. The summed E-state index contributed by atoms with van der Waals surface area (Å²) >= 11 is 0. The third kappa shape index (κ3) is 3.91. The van der Waals surface area contributed by atoms with Gasteiger partial charge in [-0.2, -0.15) is 0 Å². The van der Waals surface area contributed by atoms with Crippen molar-refractivity contribution in [3.05, 3.63) is 29.8 Å².